The predicted octanol–water partition coefficient (Wildman–Crippen LogP) is 4.17. The standard InChI is InChI=1S/C14H13BrN2OS/c1-8-7-10(8)13(18)16-14-11(15)12(17-19-14)9-5-3-2-4-6-9/h2-6,8,10H,7H2,1H3,(H,16,18)/t8?,10-/m1/s1. The molecule has 19 heavy (non-hydrogen) atoms. The minimum Gasteiger partial charge on any atom is -0.315 e. The van der Waals surface area contributed by atoms with Crippen molar-refractivity contribution in [3.63, 3.8) is 0 Å². The SMILES string of the molecule is CC1C[C@H]1C(=O)Nc1snc(-c2ccccc2)c1Br. The van der Waals surface area contributed by atoms with E-state index in [9.17, 15) is 4.79 Å². The summed E-state index contributed by atoms with van der Waals surface area (Å²) in [6, 6.07) is 9.94. The largest absolute Gasteiger partial charge is 0.315 e. The summed E-state index contributed by atoms with van der Waals surface area (Å²) >= 11 is 4.85. The first-order chi connectivity index (χ1) is 9.16. The van der Waals surface area contributed by atoms with E-state index in [0.717, 1.165) is 27.2 Å². The van der Waals surface area contributed by atoms with Gasteiger partial charge < -0.3 is 5.32 Å². The van der Waals surface area contributed by atoms with Gasteiger partial charge in [0.25, 0.3) is 0 Å². The Morgan fingerprint density at radius 2 is 2.11 bits per heavy atom. The first-order valence-corrected chi connectivity index (χ1v) is 7.75. The van der Waals surface area contributed by atoms with Crippen molar-refractivity contribution in [1.82, 2.24) is 4.37 Å². The molecule has 0 saturated heterocycles. The first-order valence-electron chi connectivity index (χ1n) is 6.18. The number of halogens is 1. The number of benzene rings is 1. The molecular formula is C14H13BrN2OS. The van der Waals surface area contributed by atoms with Crippen molar-refractivity contribution in [3.8, 4) is 11.3 Å². The number of carbonyl (C=O) groups excluding carboxylic acids is 1. The lowest BCUT2D eigenvalue weighted by Crippen LogP contribution is -2.13. The van der Waals surface area contributed by atoms with Crippen molar-refractivity contribution in [2.24, 2.45) is 11.8 Å². The van der Waals surface area contributed by atoms with Crippen LogP contribution in [0.3, 0.4) is 0 Å². The fourth-order valence-electron chi connectivity index (χ4n) is 2.02. The van der Waals surface area contributed by atoms with Gasteiger partial charge in [-0.2, -0.15) is 4.37 Å². The average Bonchev–Trinajstić information content (AvgIpc) is 3.05. The van der Waals surface area contributed by atoms with Crippen molar-refractivity contribution >= 4 is 38.4 Å². The van der Waals surface area contributed by atoms with E-state index < -0.39 is 0 Å². The fraction of sp³-hybridized carbons (Fsp3) is 0.286. The Morgan fingerprint density at radius 3 is 2.74 bits per heavy atom. The summed E-state index contributed by atoms with van der Waals surface area (Å²) in [7, 11) is 0. The molecule has 0 spiro atoms. The van der Waals surface area contributed by atoms with Crippen molar-refractivity contribution in [2.75, 3.05) is 5.32 Å². The van der Waals surface area contributed by atoms with Crippen molar-refractivity contribution in [3.05, 3.63) is 34.8 Å². The Hall–Kier alpha value is -1.20. The number of nitrogens with one attached hydrogen (secondary N) is 1. The summed E-state index contributed by atoms with van der Waals surface area (Å²) in [5.74, 6) is 0.797. The van der Waals surface area contributed by atoms with Gasteiger partial charge in [0.15, 0.2) is 0 Å². The number of rotatable bonds is 3. The van der Waals surface area contributed by atoms with Gasteiger partial charge in [-0.3, -0.25) is 4.79 Å². The van der Waals surface area contributed by atoms with Crippen molar-refractivity contribution < 1.29 is 4.79 Å². The van der Waals surface area contributed by atoms with E-state index in [0.29, 0.717) is 5.92 Å². The molecule has 1 aromatic heterocycles. The van der Waals surface area contributed by atoms with E-state index in [1.807, 2.05) is 30.3 Å². The third-order valence-electron chi connectivity index (χ3n) is 3.37. The highest BCUT2D eigenvalue weighted by molar-refractivity contribution is 9.10. The summed E-state index contributed by atoms with van der Waals surface area (Å²) in [6.45, 7) is 2.10. The second-order valence-electron chi connectivity index (χ2n) is 4.85. The Bertz CT molecular complexity index is 611. The van der Waals surface area contributed by atoms with E-state index in [1.165, 1.54) is 11.5 Å². The molecule has 2 atom stereocenters. The summed E-state index contributed by atoms with van der Waals surface area (Å²) in [5, 5.41) is 3.76. The fourth-order valence-corrected chi connectivity index (χ4v) is 3.48. The molecule has 1 amide bonds. The van der Waals surface area contributed by atoms with Gasteiger partial charge in [0, 0.05) is 11.5 Å². The highest BCUT2D eigenvalue weighted by Crippen LogP contribution is 2.41. The van der Waals surface area contributed by atoms with Crippen molar-refractivity contribution in [2.45, 2.75) is 13.3 Å². The van der Waals surface area contributed by atoms with Crippen LogP contribution in [-0.4, -0.2) is 10.3 Å². The number of aromatic nitrogens is 1. The molecule has 98 valence electrons. The smallest absolute Gasteiger partial charge is 0.228 e. The zero-order valence-corrected chi connectivity index (χ0v) is 12.8. The van der Waals surface area contributed by atoms with Crippen molar-refractivity contribution in [1.29, 1.82) is 0 Å². The van der Waals surface area contributed by atoms with Gasteiger partial charge in [-0.05, 0) is 39.8 Å². The van der Waals surface area contributed by atoms with E-state index in [-0.39, 0.29) is 11.8 Å². The number of amides is 1. The predicted molar refractivity (Wildman–Crippen MR) is 81.2 cm³/mol. The lowest BCUT2D eigenvalue weighted by molar-refractivity contribution is -0.117. The number of nitrogens with zero attached hydrogens (tertiary/aromatic N) is 1. The molecule has 1 N–H and O–H groups in total. The topological polar surface area (TPSA) is 42.0 Å². The second kappa shape index (κ2) is 5.06. The van der Waals surface area contributed by atoms with E-state index in [2.05, 4.69) is 32.5 Å². The molecule has 1 saturated carbocycles. The summed E-state index contributed by atoms with van der Waals surface area (Å²) in [6.07, 6.45) is 0.994. The van der Waals surface area contributed by atoms with Crippen LogP contribution in [0.4, 0.5) is 5.00 Å². The maximum absolute atomic E-state index is 11.9. The molecule has 3 nitrogen and oxygen atoms in total. The lowest BCUT2D eigenvalue weighted by Gasteiger charge is -2.02. The van der Waals surface area contributed by atoms with Gasteiger partial charge in [0.2, 0.25) is 5.91 Å². The van der Waals surface area contributed by atoms with Crippen LogP contribution in [0, 0.1) is 11.8 Å². The van der Waals surface area contributed by atoms with E-state index in [1.54, 1.807) is 0 Å². The zero-order valence-electron chi connectivity index (χ0n) is 10.4. The Labute approximate surface area is 124 Å². The second-order valence-corrected chi connectivity index (χ2v) is 6.42. The Morgan fingerprint density at radius 1 is 1.42 bits per heavy atom. The van der Waals surface area contributed by atoms with Crippen LogP contribution in [0.2, 0.25) is 0 Å². The molecule has 1 aromatic carbocycles. The van der Waals surface area contributed by atoms with Gasteiger partial charge in [-0.25, -0.2) is 0 Å². The molecule has 1 aliphatic rings. The number of carbonyl (C=O) groups is 1. The van der Waals surface area contributed by atoms with Gasteiger partial charge in [-0.15, -0.1) is 0 Å². The van der Waals surface area contributed by atoms with Gasteiger partial charge in [0.1, 0.15) is 10.7 Å². The monoisotopic (exact) mass is 336 g/mol. The summed E-state index contributed by atoms with van der Waals surface area (Å²) in [4.78, 5) is 11.9. The van der Waals surface area contributed by atoms with Crippen LogP contribution in [-0.2, 0) is 4.79 Å². The van der Waals surface area contributed by atoms with E-state index in [4.69, 9.17) is 0 Å². The molecule has 1 unspecified atom stereocenters. The first kappa shape index (κ1) is 12.8. The zero-order chi connectivity index (χ0) is 13.4. The Kier molecular flexibility index (Phi) is 3.41. The quantitative estimate of drug-likeness (QED) is 0.913. The summed E-state index contributed by atoms with van der Waals surface area (Å²) < 4.78 is 5.28. The van der Waals surface area contributed by atoms with Crippen LogP contribution in [0.5, 0.6) is 0 Å². The van der Waals surface area contributed by atoms with Crippen LogP contribution in [0.25, 0.3) is 11.3 Å². The molecule has 1 heterocycles. The number of hydrogen-bond acceptors (Lipinski definition) is 3. The molecule has 0 bridgehead atoms. The molecule has 5 heteroatoms. The van der Waals surface area contributed by atoms with Crippen LogP contribution >= 0.6 is 27.5 Å². The third kappa shape index (κ3) is 2.58. The Balaban J connectivity index is 1.81. The molecule has 1 aliphatic carbocycles. The molecule has 0 aliphatic heterocycles. The van der Waals surface area contributed by atoms with Crippen LogP contribution in [0.1, 0.15) is 13.3 Å². The maximum atomic E-state index is 11.9. The third-order valence-corrected chi connectivity index (χ3v) is 5.16. The molecule has 3 rings (SSSR count). The lowest BCUT2D eigenvalue weighted by atomic mass is 10.1. The minimum absolute atomic E-state index is 0.108. The number of anilines is 1. The molecule has 2 aromatic rings. The van der Waals surface area contributed by atoms with Gasteiger partial charge >= 0.3 is 0 Å². The van der Waals surface area contributed by atoms with Crippen LogP contribution < -0.4 is 5.32 Å². The van der Waals surface area contributed by atoms with Gasteiger partial charge in [-0.1, -0.05) is 37.3 Å². The van der Waals surface area contributed by atoms with Crippen LogP contribution in [0.15, 0.2) is 34.8 Å². The minimum atomic E-state index is 0.108. The average molecular weight is 337 g/mol. The van der Waals surface area contributed by atoms with Gasteiger partial charge in [0.05, 0.1) is 4.47 Å². The summed E-state index contributed by atoms with van der Waals surface area (Å²) in [5.41, 5.74) is 1.93. The highest BCUT2D eigenvalue weighted by atomic mass is 79.9. The highest BCUT2D eigenvalue weighted by Gasteiger charge is 2.39. The van der Waals surface area contributed by atoms with E-state index >= 15 is 0 Å². The molecular weight excluding hydrogens is 324 g/mol. The molecule has 0 radical (unpaired) electrons. The number of hydrogen-bond donors (Lipinski definition) is 1. The normalized spacial score (nSPS) is 21.2. The maximum Gasteiger partial charge on any atom is 0.228 e. The molecule has 1 fully saturated rings.